The van der Waals surface area contributed by atoms with E-state index in [1.54, 1.807) is 0 Å². The molecule has 1 fully saturated rings. The molecule has 1 rings (SSSR count). The number of amides is 1. The van der Waals surface area contributed by atoms with Crippen LogP contribution in [0.2, 0.25) is 0 Å². The van der Waals surface area contributed by atoms with E-state index < -0.39 is 11.9 Å². The third-order valence-corrected chi connectivity index (χ3v) is 2.08. The highest BCUT2D eigenvalue weighted by atomic mass is 16.5. The fraction of sp³-hybridized carbons (Fsp3) is 0.556. The molecule has 1 heterocycles. The van der Waals surface area contributed by atoms with Gasteiger partial charge in [0.1, 0.15) is 0 Å². The lowest BCUT2D eigenvalue weighted by Gasteiger charge is -2.14. The Balaban J connectivity index is 2.36. The first kappa shape index (κ1) is 10.7. The Labute approximate surface area is 81.7 Å². The van der Waals surface area contributed by atoms with Gasteiger partial charge in [0.2, 0.25) is 5.91 Å². The SMILES string of the molecule is CC1OCCC1NC(=O)/C=C/C(=O)O. The van der Waals surface area contributed by atoms with Gasteiger partial charge in [0.05, 0.1) is 12.1 Å². The van der Waals surface area contributed by atoms with Gasteiger partial charge in [-0.05, 0) is 13.3 Å². The molecule has 0 radical (unpaired) electrons. The zero-order chi connectivity index (χ0) is 10.6. The van der Waals surface area contributed by atoms with Crippen molar-refractivity contribution in [1.82, 2.24) is 5.32 Å². The summed E-state index contributed by atoms with van der Waals surface area (Å²) < 4.78 is 5.24. The number of rotatable bonds is 3. The number of hydrogen-bond acceptors (Lipinski definition) is 3. The van der Waals surface area contributed by atoms with Gasteiger partial charge in [-0.2, -0.15) is 0 Å². The summed E-state index contributed by atoms with van der Waals surface area (Å²) >= 11 is 0. The van der Waals surface area contributed by atoms with Gasteiger partial charge in [-0.1, -0.05) is 0 Å². The summed E-state index contributed by atoms with van der Waals surface area (Å²) in [5.74, 6) is -1.52. The molecule has 0 saturated carbocycles. The molecular weight excluding hydrogens is 186 g/mol. The van der Waals surface area contributed by atoms with E-state index in [1.807, 2.05) is 6.92 Å². The average molecular weight is 199 g/mol. The number of nitrogens with one attached hydrogen (secondary N) is 1. The third-order valence-electron chi connectivity index (χ3n) is 2.08. The average Bonchev–Trinajstić information content (AvgIpc) is 2.49. The van der Waals surface area contributed by atoms with Gasteiger partial charge in [-0.15, -0.1) is 0 Å². The maximum Gasteiger partial charge on any atom is 0.328 e. The van der Waals surface area contributed by atoms with E-state index >= 15 is 0 Å². The quantitative estimate of drug-likeness (QED) is 0.623. The van der Waals surface area contributed by atoms with Crippen molar-refractivity contribution < 1.29 is 19.4 Å². The molecule has 14 heavy (non-hydrogen) atoms. The van der Waals surface area contributed by atoms with Crippen LogP contribution in [0.15, 0.2) is 12.2 Å². The van der Waals surface area contributed by atoms with Crippen molar-refractivity contribution in [3.05, 3.63) is 12.2 Å². The Hall–Kier alpha value is -1.36. The van der Waals surface area contributed by atoms with E-state index in [-0.39, 0.29) is 12.1 Å². The van der Waals surface area contributed by atoms with Crippen LogP contribution in [0.3, 0.4) is 0 Å². The second-order valence-electron chi connectivity index (χ2n) is 3.15. The monoisotopic (exact) mass is 199 g/mol. The van der Waals surface area contributed by atoms with E-state index in [1.165, 1.54) is 0 Å². The zero-order valence-electron chi connectivity index (χ0n) is 7.90. The standard InChI is InChI=1S/C9H13NO4/c1-6-7(4-5-14-6)10-8(11)2-3-9(12)13/h2-3,6-7H,4-5H2,1H3,(H,10,11)(H,12,13)/b3-2+. The van der Waals surface area contributed by atoms with Crippen LogP contribution in [0.5, 0.6) is 0 Å². The van der Waals surface area contributed by atoms with E-state index in [0.717, 1.165) is 18.6 Å². The van der Waals surface area contributed by atoms with Crippen molar-refractivity contribution in [3.63, 3.8) is 0 Å². The highest BCUT2D eigenvalue weighted by molar-refractivity contribution is 5.94. The molecule has 0 aromatic carbocycles. The number of ether oxygens (including phenoxy) is 1. The summed E-state index contributed by atoms with van der Waals surface area (Å²) in [5, 5.41) is 11.0. The highest BCUT2D eigenvalue weighted by Gasteiger charge is 2.24. The molecule has 1 aliphatic rings. The van der Waals surface area contributed by atoms with Crippen LogP contribution < -0.4 is 5.32 Å². The molecular formula is C9H13NO4. The summed E-state index contributed by atoms with van der Waals surface area (Å²) in [6.45, 7) is 2.51. The summed E-state index contributed by atoms with van der Waals surface area (Å²) in [6, 6.07) is -0.0130. The summed E-state index contributed by atoms with van der Waals surface area (Å²) in [6.07, 6.45) is 2.59. The van der Waals surface area contributed by atoms with Crippen molar-refractivity contribution in [3.8, 4) is 0 Å². The van der Waals surface area contributed by atoms with Crippen LogP contribution >= 0.6 is 0 Å². The maximum absolute atomic E-state index is 11.1. The van der Waals surface area contributed by atoms with Gasteiger partial charge in [0.15, 0.2) is 0 Å². The smallest absolute Gasteiger partial charge is 0.328 e. The van der Waals surface area contributed by atoms with Gasteiger partial charge < -0.3 is 15.2 Å². The number of carboxylic acid groups (broad SMARTS) is 1. The molecule has 5 nitrogen and oxygen atoms in total. The normalized spacial score (nSPS) is 26.6. The molecule has 0 spiro atoms. The Morgan fingerprint density at radius 2 is 2.21 bits per heavy atom. The van der Waals surface area contributed by atoms with E-state index in [0.29, 0.717) is 6.61 Å². The Kier molecular flexibility index (Phi) is 3.64. The fourth-order valence-electron chi connectivity index (χ4n) is 1.30. The number of carbonyl (C=O) groups excluding carboxylic acids is 1. The number of hydrogen-bond donors (Lipinski definition) is 2. The first-order valence-electron chi connectivity index (χ1n) is 4.42. The van der Waals surface area contributed by atoms with Crippen LogP contribution in [0.25, 0.3) is 0 Å². The maximum atomic E-state index is 11.1. The van der Waals surface area contributed by atoms with Gasteiger partial charge in [-0.25, -0.2) is 4.79 Å². The molecule has 1 aliphatic heterocycles. The lowest BCUT2D eigenvalue weighted by Crippen LogP contribution is -2.38. The van der Waals surface area contributed by atoms with Gasteiger partial charge >= 0.3 is 5.97 Å². The van der Waals surface area contributed by atoms with Gasteiger partial charge in [0.25, 0.3) is 0 Å². The molecule has 0 bridgehead atoms. The lowest BCUT2D eigenvalue weighted by molar-refractivity contribution is -0.131. The summed E-state index contributed by atoms with van der Waals surface area (Å²) in [4.78, 5) is 21.2. The lowest BCUT2D eigenvalue weighted by atomic mass is 10.1. The predicted molar refractivity (Wildman–Crippen MR) is 48.7 cm³/mol. The van der Waals surface area contributed by atoms with Crippen molar-refractivity contribution in [2.45, 2.75) is 25.5 Å². The summed E-state index contributed by atoms with van der Waals surface area (Å²) in [7, 11) is 0. The highest BCUT2D eigenvalue weighted by Crippen LogP contribution is 2.12. The molecule has 0 aliphatic carbocycles. The molecule has 2 N–H and O–H groups in total. The fourth-order valence-corrected chi connectivity index (χ4v) is 1.30. The molecule has 5 heteroatoms. The second kappa shape index (κ2) is 4.76. The van der Waals surface area contributed by atoms with Crippen LogP contribution in [0.4, 0.5) is 0 Å². The zero-order valence-corrected chi connectivity index (χ0v) is 7.90. The first-order valence-corrected chi connectivity index (χ1v) is 4.42. The first-order chi connectivity index (χ1) is 6.59. The predicted octanol–water partition coefficient (Wildman–Crippen LogP) is -0.0792. The van der Waals surface area contributed by atoms with Crippen molar-refractivity contribution in [2.24, 2.45) is 0 Å². The number of aliphatic carboxylic acids is 1. The van der Waals surface area contributed by atoms with Crippen molar-refractivity contribution in [1.29, 1.82) is 0 Å². The molecule has 2 unspecified atom stereocenters. The van der Waals surface area contributed by atoms with Crippen LogP contribution in [-0.2, 0) is 14.3 Å². The van der Waals surface area contributed by atoms with E-state index in [2.05, 4.69) is 5.32 Å². The Morgan fingerprint density at radius 3 is 2.71 bits per heavy atom. The van der Waals surface area contributed by atoms with Gasteiger partial charge in [0, 0.05) is 18.8 Å². The van der Waals surface area contributed by atoms with E-state index in [4.69, 9.17) is 9.84 Å². The van der Waals surface area contributed by atoms with Crippen molar-refractivity contribution in [2.75, 3.05) is 6.61 Å². The second-order valence-corrected chi connectivity index (χ2v) is 3.15. The van der Waals surface area contributed by atoms with Crippen molar-refractivity contribution >= 4 is 11.9 Å². The number of carbonyl (C=O) groups is 2. The minimum Gasteiger partial charge on any atom is -0.478 e. The third kappa shape index (κ3) is 3.18. The largest absolute Gasteiger partial charge is 0.478 e. The van der Waals surface area contributed by atoms with Crippen LogP contribution in [0.1, 0.15) is 13.3 Å². The number of carboxylic acids is 1. The Bertz CT molecular complexity index is 262. The Morgan fingerprint density at radius 1 is 1.50 bits per heavy atom. The molecule has 0 aromatic heterocycles. The molecule has 2 atom stereocenters. The molecule has 1 saturated heterocycles. The summed E-state index contributed by atoms with van der Waals surface area (Å²) in [5.41, 5.74) is 0. The van der Waals surface area contributed by atoms with Crippen LogP contribution in [-0.4, -0.2) is 35.7 Å². The van der Waals surface area contributed by atoms with E-state index in [9.17, 15) is 9.59 Å². The molecule has 78 valence electrons. The van der Waals surface area contributed by atoms with Gasteiger partial charge in [-0.3, -0.25) is 4.79 Å². The molecule has 1 amide bonds. The minimum absolute atomic E-state index is 0.00261. The topological polar surface area (TPSA) is 75.6 Å². The minimum atomic E-state index is -1.13. The molecule has 0 aromatic rings. The van der Waals surface area contributed by atoms with Crippen LogP contribution in [0, 0.1) is 0 Å².